The molecule has 0 unspecified atom stereocenters. The Morgan fingerprint density at radius 3 is 2.62 bits per heavy atom. The molecule has 0 fully saturated rings. The molecule has 1 radical (unpaired) electrons. The number of hydrogen-bond acceptors (Lipinski definition) is 0. The molecular formula is C15H20N. The normalized spacial score (nSPS) is 13.9. The van der Waals surface area contributed by atoms with Crippen LogP contribution in [0.5, 0.6) is 0 Å². The van der Waals surface area contributed by atoms with Crippen LogP contribution in [0.25, 0.3) is 5.57 Å². The minimum atomic E-state index is 1.14. The van der Waals surface area contributed by atoms with Crippen molar-refractivity contribution < 1.29 is 0 Å². The lowest BCUT2D eigenvalue weighted by atomic mass is 10.0. The molecule has 1 aromatic rings. The third kappa shape index (κ3) is 2.29. The molecule has 0 aromatic heterocycles. The monoisotopic (exact) mass is 214 g/mol. The van der Waals surface area contributed by atoms with E-state index in [1.807, 2.05) is 0 Å². The summed E-state index contributed by atoms with van der Waals surface area (Å²) in [7, 11) is 0. The van der Waals surface area contributed by atoms with E-state index in [9.17, 15) is 0 Å². The number of rotatable bonds is 5. The van der Waals surface area contributed by atoms with E-state index >= 15 is 0 Å². The second-order valence-electron chi connectivity index (χ2n) is 4.51. The molecule has 16 heavy (non-hydrogen) atoms. The van der Waals surface area contributed by atoms with E-state index in [0.29, 0.717) is 0 Å². The van der Waals surface area contributed by atoms with Crippen molar-refractivity contribution >= 4 is 11.3 Å². The molecule has 0 amide bonds. The number of allylic oxidation sites excluding steroid dienone is 2. The first-order chi connectivity index (χ1) is 7.83. The number of benzene rings is 1. The molecule has 0 spiro atoms. The van der Waals surface area contributed by atoms with Crippen LogP contribution in [0.3, 0.4) is 0 Å². The van der Waals surface area contributed by atoms with E-state index < -0.39 is 0 Å². The van der Waals surface area contributed by atoms with Crippen LogP contribution in [-0.2, 0) is 0 Å². The Labute approximate surface area is 98.6 Å². The highest BCUT2D eigenvalue weighted by Crippen LogP contribution is 2.35. The maximum atomic E-state index is 4.71. The lowest BCUT2D eigenvalue weighted by Crippen LogP contribution is -1.93. The van der Waals surface area contributed by atoms with E-state index in [1.165, 1.54) is 42.5 Å². The molecular weight excluding hydrogens is 194 g/mol. The van der Waals surface area contributed by atoms with Crippen molar-refractivity contribution in [3.05, 3.63) is 35.5 Å². The average molecular weight is 214 g/mol. The van der Waals surface area contributed by atoms with E-state index in [0.717, 1.165) is 12.1 Å². The Hall–Kier alpha value is -1.24. The van der Waals surface area contributed by atoms with Gasteiger partial charge in [0, 0.05) is 11.3 Å². The molecule has 1 aliphatic heterocycles. The molecule has 0 atom stereocenters. The number of para-hydroxylation sites is 1. The number of nitrogens with zero attached hydrogens (tertiary/aromatic N) is 1. The van der Waals surface area contributed by atoms with Gasteiger partial charge in [0.2, 0.25) is 0 Å². The van der Waals surface area contributed by atoms with Crippen LogP contribution in [0, 0.1) is 0 Å². The van der Waals surface area contributed by atoms with Crippen molar-refractivity contribution in [3.63, 3.8) is 0 Å². The summed E-state index contributed by atoms with van der Waals surface area (Å²) in [4.78, 5) is 0. The third-order valence-electron chi connectivity index (χ3n) is 3.26. The summed E-state index contributed by atoms with van der Waals surface area (Å²) >= 11 is 0. The molecule has 85 valence electrons. The van der Waals surface area contributed by atoms with Gasteiger partial charge in [0.25, 0.3) is 0 Å². The zero-order valence-electron chi connectivity index (χ0n) is 10.3. The Balaban J connectivity index is 1.96. The Morgan fingerprint density at radius 1 is 1.06 bits per heavy atom. The van der Waals surface area contributed by atoms with Crippen molar-refractivity contribution in [3.8, 4) is 0 Å². The fourth-order valence-electron chi connectivity index (χ4n) is 2.24. The molecule has 1 nitrogen and oxygen atoms in total. The molecule has 1 heteroatoms. The molecule has 0 N–H and O–H groups in total. The second-order valence-corrected chi connectivity index (χ2v) is 4.51. The molecule has 1 heterocycles. The average Bonchev–Trinajstić information content (AvgIpc) is 2.63. The molecule has 0 aliphatic carbocycles. The zero-order valence-corrected chi connectivity index (χ0v) is 10.3. The zero-order chi connectivity index (χ0) is 11.4. The SMILES string of the molecule is CCCCCCC1=C(C)c2ccccc2[N]1. The van der Waals surface area contributed by atoms with Gasteiger partial charge in [0.05, 0.1) is 5.69 Å². The summed E-state index contributed by atoms with van der Waals surface area (Å²) in [6, 6.07) is 8.44. The van der Waals surface area contributed by atoms with E-state index in [-0.39, 0.29) is 0 Å². The maximum Gasteiger partial charge on any atom is 0.0708 e. The first kappa shape index (κ1) is 11.3. The van der Waals surface area contributed by atoms with Gasteiger partial charge in [-0.15, -0.1) is 0 Å². The minimum absolute atomic E-state index is 1.14. The van der Waals surface area contributed by atoms with Gasteiger partial charge in [-0.25, -0.2) is 0 Å². The van der Waals surface area contributed by atoms with Crippen LogP contribution in [0.4, 0.5) is 5.69 Å². The van der Waals surface area contributed by atoms with Crippen molar-refractivity contribution in [1.82, 2.24) is 5.32 Å². The van der Waals surface area contributed by atoms with Gasteiger partial charge in [0.15, 0.2) is 0 Å². The quantitative estimate of drug-likeness (QED) is 0.634. The lowest BCUT2D eigenvalue weighted by molar-refractivity contribution is 0.656. The Bertz CT molecular complexity index is 390. The molecule has 2 rings (SSSR count). The molecule has 0 saturated heterocycles. The topological polar surface area (TPSA) is 14.1 Å². The number of hydrogen-bond donors (Lipinski definition) is 0. The first-order valence-electron chi connectivity index (χ1n) is 6.34. The predicted octanol–water partition coefficient (Wildman–Crippen LogP) is 4.64. The summed E-state index contributed by atoms with van der Waals surface area (Å²) in [6.45, 7) is 4.45. The summed E-state index contributed by atoms with van der Waals surface area (Å²) < 4.78 is 0. The molecule has 1 aromatic carbocycles. The van der Waals surface area contributed by atoms with Crippen LogP contribution in [0.2, 0.25) is 0 Å². The van der Waals surface area contributed by atoms with Gasteiger partial charge in [-0.1, -0.05) is 44.4 Å². The summed E-state index contributed by atoms with van der Waals surface area (Å²) in [6.07, 6.45) is 6.40. The lowest BCUT2D eigenvalue weighted by Gasteiger charge is -2.02. The molecule has 1 aliphatic rings. The van der Waals surface area contributed by atoms with E-state index in [4.69, 9.17) is 5.32 Å². The minimum Gasteiger partial charge on any atom is -0.253 e. The second kappa shape index (κ2) is 5.20. The molecule has 0 bridgehead atoms. The van der Waals surface area contributed by atoms with Crippen molar-refractivity contribution in [2.45, 2.75) is 46.0 Å². The van der Waals surface area contributed by atoms with E-state index in [1.54, 1.807) is 0 Å². The fraction of sp³-hybridized carbons (Fsp3) is 0.467. The van der Waals surface area contributed by atoms with E-state index in [2.05, 4.69) is 38.1 Å². The predicted molar refractivity (Wildman–Crippen MR) is 69.6 cm³/mol. The van der Waals surface area contributed by atoms with Crippen LogP contribution in [0.1, 0.15) is 51.5 Å². The molecule has 0 saturated carbocycles. The van der Waals surface area contributed by atoms with Gasteiger partial charge in [0.1, 0.15) is 0 Å². The summed E-state index contributed by atoms with van der Waals surface area (Å²) in [5.74, 6) is 0. The van der Waals surface area contributed by atoms with Crippen molar-refractivity contribution in [2.75, 3.05) is 0 Å². The standard InChI is InChI=1S/C15H20N/c1-3-4-5-6-10-14-12(2)13-9-7-8-11-15(13)16-14/h7-9,11H,3-6,10H2,1-2H3. The van der Waals surface area contributed by atoms with Gasteiger partial charge in [-0.05, 0) is 31.4 Å². The van der Waals surface area contributed by atoms with Gasteiger partial charge in [-0.2, -0.15) is 0 Å². The van der Waals surface area contributed by atoms with Gasteiger partial charge < -0.3 is 0 Å². The maximum absolute atomic E-state index is 4.71. The highest BCUT2D eigenvalue weighted by molar-refractivity contribution is 5.80. The van der Waals surface area contributed by atoms with Crippen LogP contribution >= 0.6 is 0 Å². The third-order valence-corrected chi connectivity index (χ3v) is 3.26. The summed E-state index contributed by atoms with van der Waals surface area (Å²) in [5, 5.41) is 4.71. The van der Waals surface area contributed by atoms with Crippen LogP contribution < -0.4 is 5.32 Å². The fourth-order valence-corrected chi connectivity index (χ4v) is 2.24. The highest BCUT2D eigenvalue weighted by atomic mass is 14.9. The van der Waals surface area contributed by atoms with Gasteiger partial charge >= 0.3 is 0 Å². The van der Waals surface area contributed by atoms with Crippen molar-refractivity contribution in [1.29, 1.82) is 0 Å². The number of fused-ring (bicyclic) bond motifs is 1. The Kier molecular flexibility index (Phi) is 3.66. The largest absolute Gasteiger partial charge is 0.253 e. The highest BCUT2D eigenvalue weighted by Gasteiger charge is 2.18. The smallest absolute Gasteiger partial charge is 0.0708 e. The summed E-state index contributed by atoms with van der Waals surface area (Å²) in [5.41, 5.74) is 5.17. The van der Waals surface area contributed by atoms with Crippen LogP contribution in [-0.4, -0.2) is 0 Å². The number of unbranched alkanes of at least 4 members (excludes halogenated alkanes) is 3. The van der Waals surface area contributed by atoms with Gasteiger partial charge in [-0.3, -0.25) is 5.32 Å². The van der Waals surface area contributed by atoms with Crippen molar-refractivity contribution in [2.24, 2.45) is 0 Å². The van der Waals surface area contributed by atoms with Crippen LogP contribution in [0.15, 0.2) is 30.0 Å². The first-order valence-corrected chi connectivity index (χ1v) is 6.34. The Morgan fingerprint density at radius 2 is 1.88 bits per heavy atom.